The van der Waals surface area contributed by atoms with Crippen LogP contribution in [0.4, 0.5) is 0 Å². The Kier molecular flexibility index (Phi) is 2.54. The van der Waals surface area contributed by atoms with E-state index in [0.29, 0.717) is 12.1 Å². The van der Waals surface area contributed by atoms with Crippen molar-refractivity contribution in [2.75, 3.05) is 0 Å². The third-order valence-corrected chi connectivity index (χ3v) is 1.30. The monoisotopic (exact) mass is 170 g/mol. The van der Waals surface area contributed by atoms with Gasteiger partial charge in [0.1, 0.15) is 5.78 Å². The number of hydrogen-bond acceptors (Lipinski definition) is 3. The molecule has 0 spiro atoms. The van der Waals surface area contributed by atoms with Gasteiger partial charge in [0.2, 0.25) is 5.28 Å². The first-order valence-corrected chi connectivity index (χ1v) is 3.53. The van der Waals surface area contributed by atoms with E-state index in [9.17, 15) is 4.79 Å². The summed E-state index contributed by atoms with van der Waals surface area (Å²) >= 11 is 5.49. The molecule has 0 radical (unpaired) electrons. The van der Waals surface area contributed by atoms with E-state index in [1.807, 2.05) is 0 Å². The second-order valence-electron chi connectivity index (χ2n) is 2.20. The Labute approximate surface area is 69.4 Å². The van der Waals surface area contributed by atoms with Gasteiger partial charge in [-0.2, -0.15) is 0 Å². The Hall–Kier alpha value is -0.960. The molecule has 0 aliphatic rings. The number of carbonyl (C=O) groups excluding carboxylic acids is 1. The maximum absolute atomic E-state index is 10.6. The van der Waals surface area contributed by atoms with E-state index in [-0.39, 0.29) is 11.1 Å². The Morgan fingerprint density at radius 1 is 1.73 bits per heavy atom. The van der Waals surface area contributed by atoms with Crippen LogP contribution in [0.25, 0.3) is 0 Å². The number of ketones is 1. The van der Waals surface area contributed by atoms with E-state index in [0.717, 1.165) is 0 Å². The van der Waals surface area contributed by atoms with Crippen LogP contribution >= 0.6 is 11.6 Å². The van der Waals surface area contributed by atoms with Crippen molar-refractivity contribution in [3.63, 3.8) is 0 Å². The summed E-state index contributed by atoms with van der Waals surface area (Å²) in [6, 6.07) is 1.67. The largest absolute Gasteiger partial charge is 0.300 e. The van der Waals surface area contributed by atoms with Crippen LogP contribution in [0.5, 0.6) is 0 Å². The van der Waals surface area contributed by atoms with Crippen molar-refractivity contribution in [2.45, 2.75) is 13.3 Å². The van der Waals surface area contributed by atoms with Crippen molar-refractivity contribution < 1.29 is 4.79 Å². The zero-order chi connectivity index (χ0) is 8.27. The molecule has 0 aliphatic carbocycles. The normalized spacial score (nSPS) is 9.64. The van der Waals surface area contributed by atoms with E-state index in [1.54, 1.807) is 6.07 Å². The van der Waals surface area contributed by atoms with Crippen LogP contribution < -0.4 is 0 Å². The number of aromatic nitrogens is 2. The van der Waals surface area contributed by atoms with E-state index in [1.165, 1.54) is 13.1 Å². The first-order valence-electron chi connectivity index (χ1n) is 3.15. The Balaban J connectivity index is 2.79. The van der Waals surface area contributed by atoms with Crippen LogP contribution in [0.15, 0.2) is 12.3 Å². The highest BCUT2D eigenvalue weighted by Crippen LogP contribution is 2.01. The molecular weight excluding hydrogens is 164 g/mol. The summed E-state index contributed by atoms with van der Waals surface area (Å²) in [5, 5.41) is 0.184. The highest BCUT2D eigenvalue weighted by Gasteiger charge is 1.99. The third kappa shape index (κ3) is 2.63. The summed E-state index contributed by atoms with van der Waals surface area (Å²) < 4.78 is 0. The molecule has 1 rings (SSSR count). The van der Waals surface area contributed by atoms with Gasteiger partial charge in [-0.05, 0) is 24.6 Å². The molecule has 0 amide bonds. The van der Waals surface area contributed by atoms with E-state index < -0.39 is 0 Å². The highest BCUT2D eigenvalue weighted by molar-refractivity contribution is 6.28. The SMILES string of the molecule is CC(=O)Cc1ccnc(Cl)n1. The molecule has 0 saturated heterocycles. The average Bonchev–Trinajstić information content (AvgIpc) is 1.85. The fourth-order valence-corrected chi connectivity index (χ4v) is 0.888. The van der Waals surface area contributed by atoms with Gasteiger partial charge in [0.25, 0.3) is 0 Å². The fourth-order valence-electron chi connectivity index (χ4n) is 0.723. The molecule has 0 aliphatic heterocycles. The maximum atomic E-state index is 10.6. The van der Waals surface area contributed by atoms with Crippen LogP contribution in [-0.2, 0) is 11.2 Å². The zero-order valence-corrected chi connectivity index (χ0v) is 6.80. The molecule has 0 atom stereocenters. The highest BCUT2D eigenvalue weighted by atomic mass is 35.5. The average molecular weight is 171 g/mol. The predicted molar refractivity (Wildman–Crippen MR) is 41.4 cm³/mol. The van der Waals surface area contributed by atoms with Gasteiger partial charge in [0, 0.05) is 12.6 Å². The third-order valence-electron chi connectivity index (χ3n) is 1.11. The van der Waals surface area contributed by atoms with E-state index >= 15 is 0 Å². The number of carbonyl (C=O) groups is 1. The minimum Gasteiger partial charge on any atom is -0.300 e. The Morgan fingerprint density at radius 2 is 2.45 bits per heavy atom. The summed E-state index contributed by atoms with van der Waals surface area (Å²) in [5.41, 5.74) is 0.664. The molecule has 0 saturated carbocycles. The molecular formula is C7H7ClN2O. The first kappa shape index (κ1) is 8.14. The summed E-state index contributed by atoms with van der Waals surface area (Å²) in [6.07, 6.45) is 1.86. The van der Waals surface area contributed by atoms with Gasteiger partial charge in [0.15, 0.2) is 0 Å². The molecule has 0 bridgehead atoms. The minimum atomic E-state index is 0.0692. The van der Waals surface area contributed by atoms with E-state index in [4.69, 9.17) is 11.6 Å². The number of rotatable bonds is 2. The molecule has 4 heteroatoms. The van der Waals surface area contributed by atoms with Gasteiger partial charge >= 0.3 is 0 Å². The lowest BCUT2D eigenvalue weighted by Crippen LogP contribution is -1.99. The van der Waals surface area contributed by atoms with Crippen molar-refractivity contribution in [3.8, 4) is 0 Å². The van der Waals surface area contributed by atoms with Crippen molar-refractivity contribution in [3.05, 3.63) is 23.2 Å². The summed E-state index contributed by atoms with van der Waals surface area (Å²) in [6.45, 7) is 1.51. The molecule has 1 heterocycles. The topological polar surface area (TPSA) is 42.9 Å². The van der Waals surface area contributed by atoms with Crippen LogP contribution in [0, 0.1) is 0 Å². The summed E-state index contributed by atoms with van der Waals surface area (Å²) in [4.78, 5) is 18.2. The lowest BCUT2D eigenvalue weighted by molar-refractivity contribution is -0.116. The number of halogens is 1. The smallest absolute Gasteiger partial charge is 0.222 e. The first-order chi connectivity index (χ1) is 5.18. The minimum absolute atomic E-state index is 0.0692. The predicted octanol–water partition coefficient (Wildman–Crippen LogP) is 1.26. The van der Waals surface area contributed by atoms with Gasteiger partial charge in [-0.25, -0.2) is 9.97 Å². The Morgan fingerprint density at radius 3 is 3.00 bits per heavy atom. The van der Waals surface area contributed by atoms with Crippen molar-refractivity contribution in [2.24, 2.45) is 0 Å². The summed E-state index contributed by atoms with van der Waals surface area (Å²) in [7, 11) is 0. The second kappa shape index (κ2) is 3.44. The van der Waals surface area contributed by atoms with Gasteiger partial charge in [-0.3, -0.25) is 4.79 Å². The molecule has 0 aromatic carbocycles. The quantitative estimate of drug-likeness (QED) is 0.628. The molecule has 11 heavy (non-hydrogen) atoms. The molecule has 0 N–H and O–H groups in total. The fraction of sp³-hybridized carbons (Fsp3) is 0.286. The van der Waals surface area contributed by atoms with Crippen LogP contribution in [0.2, 0.25) is 5.28 Å². The molecule has 0 fully saturated rings. The number of hydrogen-bond donors (Lipinski definition) is 0. The van der Waals surface area contributed by atoms with Crippen molar-refractivity contribution in [1.29, 1.82) is 0 Å². The maximum Gasteiger partial charge on any atom is 0.222 e. The standard InChI is InChI=1S/C7H7ClN2O/c1-5(11)4-6-2-3-9-7(8)10-6/h2-3H,4H2,1H3. The van der Waals surface area contributed by atoms with Crippen LogP contribution in [0.3, 0.4) is 0 Å². The summed E-state index contributed by atoms with van der Waals surface area (Å²) in [5.74, 6) is 0.0692. The van der Waals surface area contributed by atoms with E-state index in [2.05, 4.69) is 9.97 Å². The molecule has 0 unspecified atom stereocenters. The number of nitrogens with zero attached hydrogens (tertiary/aromatic N) is 2. The lowest BCUT2D eigenvalue weighted by Gasteiger charge is -1.94. The van der Waals surface area contributed by atoms with Gasteiger partial charge in [-0.1, -0.05) is 0 Å². The van der Waals surface area contributed by atoms with Gasteiger partial charge in [-0.15, -0.1) is 0 Å². The van der Waals surface area contributed by atoms with Crippen molar-refractivity contribution in [1.82, 2.24) is 9.97 Å². The zero-order valence-electron chi connectivity index (χ0n) is 6.04. The van der Waals surface area contributed by atoms with Crippen LogP contribution in [-0.4, -0.2) is 15.8 Å². The Bertz CT molecular complexity index is 275. The second-order valence-corrected chi connectivity index (χ2v) is 2.53. The van der Waals surface area contributed by atoms with Crippen molar-refractivity contribution >= 4 is 17.4 Å². The van der Waals surface area contributed by atoms with Gasteiger partial charge in [0.05, 0.1) is 5.69 Å². The molecule has 1 aromatic rings. The molecule has 3 nitrogen and oxygen atoms in total. The molecule has 1 aromatic heterocycles. The lowest BCUT2D eigenvalue weighted by atomic mass is 10.2. The number of Topliss-reactive ketones (excluding diaryl/α,β-unsaturated/α-hetero) is 1. The van der Waals surface area contributed by atoms with Crippen LogP contribution in [0.1, 0.15) is 12.6 Å². The molecule has 58 valence electrons. The van der Waals surface area contributed by atoms with Gasteiger partial charge < -0.3 is 0 Å².